The number of aromatic nitrogens is 1. The summed E-state index contributed by atoms with van der Waals surface area (Å²) in [6.07, 6.45) is 3.37. The first-order chi connectivity index (χ1) is 16.0. The number of hydrogen-bond acceptors (Lipinski definition) is 4. The lowest BCUT2D eigenvalue weighted by Gasteiger charge is -2.09. The lowest BCUT2D eigenvalue weighted by Crippen LogP contribution is -2.33. The summed E-state index contributed by atoms with van der Waals surface area (Å²) in [7, 11) is 0. The molecular weight excluding hydrogens is 416 g/mol. The normalized spacial score (nSPS) is 11.9. The maximum atomic E-state index is 12.4. The van der Waals surface area contributed by atoms with Crippen molar-refractivity contribution < 1.29 is 19.4 Å². The molecule has 4 aromatic rings. The van der Waals surface area contributed by atoms with E-state index in [1.165, 1.54) is 15.7 Å². The molecule has 168 valence electrons. The first kappa shape index (κ1) is 22.3. The number of carbonyl (C=O) groups excluding carboxylic acids is 1. The van der Waals surface area contributed by atoms with Gasteiger partial charge in [0.05, 0.1) is 11.9 Å². The summed E-state index contributed by atoms with van der Waals surface area (Å²) in [5.74, 6) is -0.858. The zero-order chi connectivity index (χ0) is 23.2. The van der Waals surface area contributed by atoms with Crippen LogP contribution in [-0.4, -0.2) is 27.6 Å². The lowest BCUT2D eigenvalue weighted by molar-refractivity contribution is -0.138. The van der Waals surface area contributed by atoms with E-state index in [1.807, 2.05) is 12.1 Å². The van der Waals surface area contributed by atoms with Crippen LogP contribution in [0.3, 0.4) is 0 Å². The van der Waals surface area contributed by atoms with E-state index < -0.39 is 12.0 Å². The smallest absolute Gasteiger partial charge is 0.321 e. The number of benzene rings is 3. The summed E-state index contributed by atoms with van der Waals surface area (Å²) in [4.78, 5) is 23.3. The minimum absolute atomic E-state index is 0.265. The number of carboxylic acid groups (broad SMARTS) is 1. The third-order valence-corrected chi connectivity index (χ3v) is 5.62. The van der Waals surface area contributed by atoms with Gasteiger partial charge in [0.2, 0.25) is 5.91 Å². The molecular formula is C27H26N2O4. The maximum Gasteiger partial charge on any atom is 0.321 e. The van der Waals surface area contributed by atoms with Crippen LogP contribution in [0, 0.1) is 0 Å². The summed E-state index contributed by atoms with van der Waals surface area (Å²) in [5.41, 5.74) is 9.87. The van der Waals surface area contributed by atoms with Crippen LogP contribution in [-0.2, 0) is 24.2 Å². The van der Waals surface area contributed by atoms with E-state index in [2.05, 4.69) is 48.5 Å². The van der Waals surface area contributed by atoms with Crippen molar-refractivity contribution in [2.45, 2.75) is 31.9 Å². The first-order valence-corrected chi connectivity index (χ1v) is 10.9. The fraction of sp³-hybridized carbons (Fsp3) is 0.185. The third kappa shape index (κ3) is 5.67. The average Bonchev–Trinajstić information content (AvgIpc) is 3.26. The van der Waals surface area contributed by atoms with Crippen molar-refractivity contribution >= 4 is 22.8 Å². The van der Waals surface area contributed by atoms with Gasteiger partial charge in [-0.3, -0.25) is 14.2 Å². The van der Waals surface area contributed by atoms with E-state index in [1.54, 1.807) is 24.4 Å². The van der Waals surface area contributed by atoms with Gasteiger partial charge < -0.3 is 15.6 Å². The number of ether oxygens (including phenoxy) is 1. The number of carboxylic acids is 1. The SMILES string of the molecule is N[C@H](CC(=O)n1ccc2cc(OCc3ccc(CCc4ccccc4)cc3)ccc21)C(=O)O. The Labute approximate surface area is 192 Å². The molecule has 0 aliphatic heterocycles. The van der Waals surface area contributed by atoms with Crippen molar-refractivity contribution in [3.63, 3.8) is 0 Å². The van der Waals surface area contributed by atoms with Crippen molar-refractivity contribution in [3.05, 3.63) is 102 Å². The van der Waals surface area contributed by atoms with Crippen LogP contribution in [0.1, 0.15) is 27.9 Å². The Bertz CT molecular complexity index is 1250. The molecule has 1 aromatic heterocycles. The van der Waals surface area contributed by atoms with Gasteiger partial charge in [-0.2, -0.15) is 0 Å². The molecule has 6 nitrogen and oxygen atoms in total. The molecule has 0 aliphatic rings. The molecule has 1 atom stereocenters. The minimum Gasteiger partial charge on any atom is -0.489 e. The second kappa shape index (κ2) is 10.1. The number of fused-ring (bicyclic) bond motifs is 1. The van der Waals surface area contributed by atoms with Gasteiger partial charge >= 0.3 is 5.97 Å². The van der Waals surface area contributed by atoms with Crippen LogP contribution in [0.2, 0.25) is 0 Å². The molecule has 4 rings (SSSR count). The standard InChI is InChI=1S/C27H26N2O4/c28-24(27(31)32)17-26(30)29-15-14-22-16-23(12-13-25(22)29)33-18-21-10-8-20(9-11-21)7-6-19-4-2-1-3-5-19/h1-5,8-16,24H,6-7,17-18,28H2,(H,31,32)/t24-/m1/s1. The molecule has 0 spiro atoms. The molecule has 3 N–H and O–H groups in total. The highest BCUT2D eigenvalue weighted by molar-refractivity contribution is 5.94. The second-order valence-corrected chi connectivity index (χ2v) is 8.04. The van der Waals surface area contributed by atoms with E-state index in [9.17, 15) is 9.59 Å². The van der Waals surface area contributed by atoms with Gasteiger partial charge in [0, 0.05) is 11.6 Å². The molecule has 0 fully saturated rings. The van der Waals surface area contributed by atoms with Gasteiger partial charge in [0.1, 0.15) is 18.4 Å². The Balaban J connectivity index is 1.34. The Morgan fingerprint density at radius 3 is 2.24 bits per heavy atom. The fourth-order valence-corrected chi connectivity index (χ4v) is 3.70. The summed E-state index contributed by atoms with van der Waals surface area (Å²) < 4.78 is 7.37. The molecule has 3 aromatic carbocycles. The number of nitrogens with two attached hydrogens (primary N) is 1. The van der Waals surface area contributed by atoms with Crippen LogP contribution in [0.4, 0.5) is 0 Å². The number of aryl methyl sites for hydroxylation is 2. The highest BCUT2D eigenvalue weighted by atomic mass is 16.5. The summed E-state index contributed by atoms with van der Waals surface area (Å²) in [6.45, 7) is 0.442. The summed E-state index contributed by atoms with van der Waals surface area (Å²) in [5, 5.41) is 9.75. The maximum absolute atomic E-state index is 12.4. The van der Waals surface area contributed by atoms with Crippen LogP contribution >= 0.6 is 0 Å². The van der Waals surface area contributed by atoms with Crippen molar-refractivity contribution in [2.75, 3.05) is 0 Å². The van der Waals surface area contributed by atoms with Crippen LogP contribution in [0.25, 0.3) is 10.9 Å². The van der Waals surface area contributed by atoms with Gasteiger partial charge in [-0.05, 0) is 53.8 Å². The molecule has 0 aliphatic carbocycles. The van der Waals surface area contributed by atoms with Gasteiger partial charge in [-0.15, -0.1) is 0 Å². The third-order valence-electron chi connectivity index (χ3n) is 5.62. The molecule has 33 heavy (non-hydrogen) atoms. The Kier molecular flexibility index (Phi) is 6.86. The van der Waals surface area contributed by atoms with E-state index in [-0.39, 0.29) is 12.3 Å². The van der Waals surface area contributed by atoms with E-state index in [0.29, 0.717) is 17.9 Å². The van der Waals surface area contributed by atoms with Crippen LogP contribution in [0.5, 0.6) is 5.75 Å². The Morgan fingerprint density at radius 2 is 1.55 bits per heavy atom. The first-order valence-electron chi connectivity index (χ1n) is 10.9. The van der Waals surface area contributed by atoms with Gasteiger partial charge in [0.15, 0.2) is 0 Å². The van der Waals surface area contributed by atoms with E-state index in [4.69, 9.17) is 15.6 Å². The predicted molar refractivity (Wildman–Crippen MR) is 127 cm³/mol. The number of nitrogens with zero attached hydrogens (tertiary/aromatic N) is 1. The summed E-state index contributed by atoms with van der Waals surface area (Å²) >= 11 is 0. The van der Waals surface area contributed by atoms with Gasteiger partial charge in [0.25, 0.3) is 0 Å². The molecule has 0 amide bonds. The monoisotopic (exact) mass is 442 g/mol. The number of carbonyl (C=O) groups is 2. The molecule has 1 heterocycles. The predicted octanol–water partition coefficient (Wildman–Crippen LogP) is 4.45. The zero-order valence-electron chi connectivity index (χ0n) is 18.2. The highest BCUT2D eigenvalue weighted by Crippen LogP contribution is 2.23. The Hall–Kier alpha value is -3.90. The van der Waals surface area contributed by atoms with Crippen molar-refractivity contribution in [2.24, 2.45) is 5.73 Å². The van der Waals surface area contributed by atoms with Crippen molar-refractivity contribution in [1.29, 1.82) is 0 Å². The quantitative estimate of drug-likeness (QED) is 0.399. The molecule has 0 unspecified atom stereocenters. The topological polar surface area (TPSA) is 94.5 Å². The van der Waals surface area contributed by atoms with Gasteiger partial charge in [-0.1, -0.05) is 54.6 Å². The Morgan fingerprint density at radius 1 is 0.879 bits per heavy atom. The lowest BCUT2D eigenvalue weighted by atomic mass is 10.0. The van der Waals surface area contributed by atoms with Crippen LogP contribution < -0.4 is 10.5 Å². The minimum atomic E-state index is -1.22. The van der Waals surface area contributed by atoms with Gasteiger partial charge in [-0.25, -0.2) is 0 Å². The summed E-state index contributed by atoms with van der Waals surface area (Å²) in [6, 6.07) is 24.9. The molecule has 0 radical (unpaired) electrons. The average molecular weight is 443 g/mol. The van der Waals surface area contributed by atoms with E-state index >= 15 is 0 Å². The van der Waals surface area contributed by atoms with E-state index in [0.717, 1.165) is 23.8 Å². The molecule has 0 saturated heterocycles. The molecule has 6 heteroatoms. The highest BCUT2D eigenvalue weighted by Gasteiger charge is 2.18. The fourth-order valence-electron chi connectivity index (χ4n) is 3.70. The largest absolute Gasteiger partial charge is 0.489 e. The number of hydrogen-bond donors (Lipinski definition) is 2. The zero-order valence-corrected chi connectivity index (χ0v) is 18.2. The van der Waals surface area contributed by atoms with Crippen molar-refractivity contribution in [1.82, 2.24) is 4.57 Å². The van der Waals surface area contributed by atoms with Crippen molar-refractivity contribution in [3.8, 4) is 5.75 Å². The van der Waals surface area contributed by atoms with Crippen LogP contribution in [0.15, 0.2) is 85.1 Å². The number of rotatable bonds is 9. The number of aliphatic carboxylic acids is 1. The molecule has 0 saturated carbocycles. The molecule has 0 bridgehead atoms. The second-order valence-electron chi connectivity index (χ2n) is 8.04.